The largest absolute Gasteiger partial charge is 0.490 e. The monoisotopic (exact) mass is 789 g/mol. The molecule has 2 fully saturated rings. The molecular formula is C41H48ClN5O7S. The molecular weight excluding hydrogens is 742 g/mol. The van der Waals surface area contributed by atoms with Crippen molar-refractivity contribution in [3.8, 4) is 5.75 Å². The highest BCUT2D eigenvalue weighted by Crippen LogP contribution is 2.47. The molecule has 5 aliphatic rings. The molecule has 1 aromatic heterocycles. The number of fused-ring (bicyclic) bond motifs is 4. The molecule has 1 spiro atoms. The Bertz CT molecular complexity index is 2070. The number of piperazine rings is 1. The zero-order valence-corrected chi connectivity index (χ0v) is 32.9. The lowest BCUT2D eigenvalue weighted by atomic mass is 9.68. The SMILES string of the molecule is CC1(C)OCC=C[C@H](OC(=O)N2CCN(c3ccccn3)CC2)[C@@H]2CC[C@H]2CN2C[C@@]3(CCCc4cc(Cl)ccc43)COc3ccc(cc32)S(=O)(=O)NC1=O. The van der Waals surface area contributed by atoms with E-state index in [9.17, 15) is 18.0 Å². The van der Waals surface area contributed by atoms with Gasteiger partial charge in [-0.1, -0.05) is 29.8 Å². The van der Waals surface area contributed by atoms with Crippen LogP contribution in [0.15, 0.2) is 77.8 Å². The van der Waals surface area contributed by atoms with E-state index in [1.54, 1.807) is 29.3 Å². The first-order valence-electron chi connectivity index (χ1n) is 19.2. The molecule has 14 heteroatoms. The fourth-order valence-electron chi connectivity index (χ4n) is 8.73. The standard InChI is InChI=1S/C41H48ClN5O7S/c1-40(2)38(48)44-55(50,51)31-12-15-36-34(24-31)47(26-41(27-52-36)16-5-7-28-23-30(42)11-14-33(28)41)25-29-10-13-32(29)35(8-6-22-53-40)54-39(49)46-20-18-45(19-21-46)37-9-3-4-17-43-37/h3-4,6,8-9,11-12,14-15,17,23-24,29,32,35H,5,7,10,13,16,18-22,25-27H2,1-2H3,(H,44,48)/t29-,32+,35-,41-/m0/s1. The molecule has 2 amide bonds. The first kappa shape index (κ1) is 37.6. The topological polar surface area (TPSA) is 131 Å². The maximum atomic E-state index is 13.8. The molecule has 2 aromatic carbocycles. The number of aryl methyl sites for hydroxylation is 1. The van der Waals surface area contributed by atoms with Gasteiger partial charge in [0.15, 0.2) is 0 Å². The number of nitrogens with one attached hydrogen (secondary N) is 1. The van der Waals surface area contributed by atoms with Crippen molar-refractivity contribution in [2.24, 2.45) is 11.8 Å². The fourth-order valence-corrected chi connectivity index (χ4v) is 10.0. The third kappa shape index (κ3) is 7.62. The van der Waals surface area contributed by atoms with E-state index in [4.69, 9.17) is 25.8 Å². The Morgan fingerprint density at radius 3 is 2.64 bits per heavy atom. The smallest absolute Gasteiger partial charge is 0.410 e. The summed E-state index contributed by atoms with van der Waals surface area (Å²) in [7, 11) is -4.26. The highest BCUT2D eigenvalue weighted by Gasteiger charge is 2.45. The van der Waals surface area contributed by atoms with Gasteiger partial charge in [-0.15, -0.1) is 0 Å². The van der Waals surface area contributed by atoms with Crippen LogP contribution in [-0.2, 0) is 36.1 Å². The summed E-state index contributed by atoms with van der Waals surface area (Å²) in [6.45, 7) is 7.00. The number of ether oxygens (including phenoxy) is 3. The summed E-state index contributed by atoms with van der Waals surface area (Å²) in [6.07, 6.45) is 9.07. The summed E-state index contributed by atoms with van der Waals surface area (Å²) in [5, 5.41) is 0.699. The minimum absolute atomic E-state index is 0.00663. The van der Waals surface area contributed by atoms with Gasteiger partial charge in [0.25, 0.3) is 15.9 Å². The number of hydrogen-bond acceptors (Lipinski definition) is 10. The predicted molar refractivity (Wildman–Crippen MR) is 209 cm³/mol. The maximum Gasteiger partial charge on any atom is 0.410 e. The molecule has 4 heterocycles. The summed E-state index contributed by atoms with van der Waals surface area (Å²) in [4.78, 5) is 37.8. The van der Waals surface area contributed by atoms with Crippen LogP contribution in [0.4, 0.5) is 16.3 Å². The number of rotatable bonds is 2. The van der Waals surface area contributed by atoms with Crippen LogP contribution in [0.25, 0.3) is 0 Å². The van der Waals surface area contributed by atoms with E-state index in [2.05, 4.69) is 31.6 Å². The Labute approximate surface area is 327 Å². The van der Waals surface area contributed by atoms with Crippen LogP contribution in [0.3, 0.4) is 0 Å². The molecule has 292 valence electrons. The Kier molecular flexibility index (Phi) is 10.2. The van der Waals surface area contributed by atoms with Crippen LogP contribution < -0.4 is 19.3 Å². The molecule has 55 heavy (non-hydrogen) atoms. The van der Waals surface area contributed by atoms with E-state index in [0.717, 1.165) is 37.9 Å². The van der Waals surface area contributed by atoms with Crippen LogP contribution in [0, 0.1) is 11.8 Å². The molecule has 1 saturated heterocycles. The lowest BCUT2D eigenvalue weighted by molar-refractivity contribution is -0.139. The number of anilines is 2. The zero-order chi connectivity index (χ0) is 38.4. The van der Waals surface area contributed by atoms with E-state index >= 15 is 0 Å². The van der Waals surface area contributed by atoms with Gasteiger partial charge >= 0.3 is 6.09 Å². The average Bonchev–Trinajstić information content (AvgIpc) is 3.31. The van der Waals surface area contributed by atoms with Crippen molar-refractivity contribution in [3.05, 3.63) is 89.1 Å². The molecule has 3 aromatic rings. The van der Waals surface area contributed by atoms with Crippen LogP contribution in [0.1, 0.15) is 50.7 Å². The van der Waals surface area contributed by atoms with Gasteiger partial charge in [0.2, 0.25) is 0 Å². The zero-order valence-electron chi connectivity index (χ0n) is 31.3. The molecule has 0 radical (unpaired) electrons. The Morgan fingerprint density at radius 1 is 1.04 bits per heavy atom. The van der Waals surface area contributed by atoms with Gasteiger partial charge in [0.05, 0.1) is 23.8 Å². The van der Waals surface area contributed by atoms with Crippen molar-refractivity contribution in [2.75, 3.05) is 62.3 Å². The van der Waals surface area contributed by atoms with Gasteiger partial charge in [-0.3, -0.25) is 4.79 Å². The molecule has 1 N–H and O–H groups in total. The second-order valence-electron chi connectivity index (χ2n) is 15.9. The van der Waals surface area contributed by atoms with E-state index in [0.29, 0.717) is 62.3 Å². The van der Waals surface area contributed by atoms with Crippen LogP contribution in [0.5, 0.6) is 5.75 Å². The van der Waals surface area contributed by atoms with Gasteiger partial charge in [-0.2, -0.15) is 0 Å². The number of aromatic nitrogens is 1. The predicted octanol–water partition coefficient (Wildman–Crippen LogP) is 5.73. The summed E-state index contributed by atoms with van der Waals surface area (Å²) in [5.41, 5.74) is 1.22. The molecule has 1 saturated carbocycles. The van der Waals surface area contributed by atoms with E-state index in [-0.39, 0.29) is 34.8 Å². The van der Waals surface area contributed by atoms with Crippen molar-refractivity contribution >= 4 is 45.1 Å². The third-order valence-corrected chi connectivity index (χ3v) is 13.6. The molecule has 0 unspecified atom stereocenters. The third-order valence-electron chi connectivity index (χ3n) is 12.1. The molecule has 2 bridgehead atoms. The molecule has 2 aliphatic carbocycles. The Balaban J connectivity index is 1.11. The number of nitrogens with zero attached hydrogens (tertiary/aromatic N) is 4. The van der Waals surface area contributed by atoms with Gasteiger partial charge in [0.1, 0.15) is 23.3 Å². The second kappa shape index (κ2) is 15.0. The molecule has 3 aliphatic heterocycles. The van der Waals surface area contributed by atoms with Crippen LogP contribution >= 0.6 is 11.6 Å². The lowest BCUT2D eigenvalue weighted by Crippen LogP contribution is -2.52. The molecule has 12 nitrogen and oxygen atoms in total. The number of amides is 2. The van der Waals surface area contributed by atoms with Crippen LogP contribution in [0.2, 0.25) is 5.02 Å². The summed E-state index contributed by atoms with van der Waals surface area (Å²) in [6, 6.07) is 16.7. The van der Waals surface area contributed by atoms with Crippen molar-refractivity contribution in [3.63, 3.8) is 0 Å². The molecule has 4 atom stereocenters. The molecule has 8 rings (SSSR count). The number of carbonyl (C=O) groups excluding carboxylic acids is 2. The van der Waals surface area contributed by atoms with Gasteiger partial charge in [-0.25, -0.2) is 22.9 Å². The average molecular weight is 790 g/mol. The summed E-state index contributed by atoms with van der Waals surface area (Å²) in [5.74, 6) is 0.811. The Morgan fingerprint density at radius 2 is 1.87 bits per heavy atom. The van der Waals surface area contributed by atoms with Crippen LogP contribution in [-0.4, -0.2) is 94.5 Å². The van der Waals surface area contributed by atoms with Crippen molar-refractivity contribution in [1.29, 1.82) is 0 Å². The fraction of sp³-hybridized carbons (Fsp3) is 0.488. The van der Waals surface area contributed by atoms with Gasteiger partial charge in [0, 0.05) is 61.8 Å². The highest BCUT2D eigenvalue weighted by atomic mass is 35.5. The summed E-state index contributed by atoms with van der Waals surface area (Å²) >= 11 is 6.46. The number of hydrogen-bond donors (Lipinski definition) is 1. The first-order valence-corrected chi connectivity index (χ1v) is 21.1. The van der Waals surface area contributed by atoms with Crippen molar-refractivity contribution < 1.29 is 32.2 Å². The van der Waals surface area contributed by atoms with Crippen molar-refractivity contribution in [2.45, 2.75) is 68.0 Å². The lowest BCUT2D eigenvalue weighted by Gasteiger charge is -2.46. The van der Waals surface area contributed by atoms with Crippen molar-refractivity contribution in [1.82, 2.24) is 14.6 Å². The number of halogens is 1. The Hall–Kier alpha value is -4.33. The van der Waals surface area contributed by atoms with E-state index < -0.39 is 27.6 Å². The van der Waals surface area contributed by atoms with Gasteiger partial charge in [-0.05, 0) is 112 Å². The maximum absolute atomic E-state index is 13.8. The van der Waals surface area contributed by atoms with Gasteiger partial charge < -0.3 is 28.9 Å². The number of pyridine rings is 1. The quantitative estimate of drug-likeness (QED) is 0.322. The van der Waals surface area contributed by atoms with E-state index in [1.807, 2.05) is 30.3 Å². The summed E-state index contributed by atoms with van der Waals surface area (Å²) < 4.78 is 48.5. The number of carbonyl (C=O) groups is 2. The minimum atomic E-state index is -4.26. The highest BCUT2D eigenvalue weighted by molar-refractivity contribution is 7.90. The van der Waals surface area contributed by atoms with E-state index in [1.165, 1.54) is 31.0 Å². The number of sulfonamides is 1. The normalized spacial score (nSPS) is 27.4. The number of benzene rings is 2. The second-order valence-corrected chi connectivity index (χ2v) is 18.0. The minimum Gasteiger partial charge on any atom is -0.490 e. The first-order chi connectivity index (χ1) is 26.4.